The van der Waals surface area contributed by atoms with E-state index in [1.165, 1.54) is 7.11 Å². The van der Waals surface area contributed by atoms with Crippen molar-refractivity contribution in [3.05, 3.63) is 71.3 Å². The third-order valence-corrected chi connectivity index (χ3v) is 3.13. The zero-order valence-corrected chi connectivity index (χ0v) is 11.7. The van der Waals surface area contributed by atoms with Crippen LogP contribution in [0.2, 0.25) is 0 Å². The third kappa shape index (κ3) is 3.91. The van der Waals surface area contributed by atoms with Crippen molar-refractivity contribution in [3.8, 4) is 6.07 Å². The van der Waals surface area contributed by atoms with Crippen LogP contribution >= 0.6 is 0 Å². The van der Waals surface area contributed by atoms with Crippen molar-refractivity contribution in [2.75, 3.05) is 7.11 Å². The molecule has 4 nitrogen and oxygen atoms in total. The lowest BCUT2D eigenvalue weighted by atomic mass is 10.1. The van der Waals surface area contributed by atoms with Gasteiger partial charge in [-0.2, -0.15) is 5.26 Å². The van der Waals surface area contributed by atoms with Gasteiger partial charge in [0.05, 0.1) is 11.6 Å². The number of amides is 1. The first-order valence-corrected chi connectivity index (χ1v) is 6.59. The summed E-state index contributed by atoms with van der Waals surface area (Å²) in [6.07, 6.45) is -0.621. The number of hydrogen-bond acceptors (Lipinski definition) is 3. The third-order valence-electron chi connectivity index (χ3n) is 3.13. The normalized spacial score (nSPS) is 11.4. The highest BCUT2D eigenvalue weighted by Crippen LogP contribution is 2.16. The number of nitrogens with one attached hydrogen (secondary N) is 1. The molecule has 2 aromatic rings. The van der Waals surface area contributed by atoms with Crippen LogP contribution in [0.15, 0.2) is 54.6 Å². The molecule has 0 bridgehead atoms. The molecule has 1 N–H and O–H groups in total. The van der Waals surface area contributed by atoms with Crippen LogP contribution in [-0.2, 0) is 16.1 Å². The summed E-state index contributed by atoms with van der Waals surface area (Å²) < 4.78 is 5.27. The molecule has 0 aliphatic carbocycles. The number of rotatable bonds is 5. The van der Waals surface area contributed by atoms with Crippen LogP contribution in [0.4, 0.5) is 0 Å². The maximum absolute atomic E-state index is 12.2. The van der Waals surface area contributed by atoms with Gasteiger partial charge in [-0.25, -0.2) is 0 Å². The molecule has 0 saturated heterocycles. The van der Waals surface area contributed by atoms with Gasteiger partial charge in [0.1, 0.15) is 0 Å². The number of benzene rings is 2. The fourth-order valence-electron chi connectivity index (χ4n) is 2.00. The summed E-state index contributed by atoms with van der Waals surface area (Å²) in [5.41, 5.74) is 2.35. The first-order valence-electron chi connectivity index (χ1n) is 6.59. The van der Waals surface area contributed by atoms with Crippen molar-refractivity contribution in [2.45, 2.75) is 12.6 Å². The predicted molar refractivity (Wildman–Crippen MR) is 79.2 cm³/mol. The van der Waals surface area contributed by atoms with Crippen LogP contribution in [0.25, 0.3) is 0 Å². The molecule has 21 heavy (non-hydrogen) atoms. The smallest absolute Gasteiger partial charge is 0.254 e. The fraction of sp³-hybridized carbons (Fsp3) is 0.176. The second kappa shape index (κ2) is 7.22. The molecule has 0 fully saturated rings. The van der Waals surface area contributed by atoms with Gasteiger partial charge in [0.2, 0.25) is 0 Å². The van der Waals surface area contributed by atoms with Crippen molar-refractivity contribution < 1.29 is 9.53 Å². The zero-order chi connectivity index (χ0) is 15.1. The Morgan fingerprint density at radius 1 is 1.19 bits per heavy atom. The van der Waals surface area contributed by atoms with E-state index in [1.54, 1.807) is 12.1 Å². The van der Waals surface area contributed by atoms with E-state index in [4.69, 9.17) is 10.00 Å². The molecule has 106 valence electrons. The minimum absolute atomic E-state index is 0.187. The van der Waals surface area contributed by atoms with E-state index in [0.717, 1.165) is 11.1 Å². The molecule has 0 spiro atoms. The average Bonchev–Trinajstić information content (AvgIpc) is 2.55. The summed E-state index contributed by atoms with van der Waals surface area (Å²) in [6, 6.07) is 18.5. The van der Waals surface area contributed by atoms with Crippen molar-refractivity contribution in [3.63, 3.8) is 0 Å². The standard InChI is InChI=1S/C17H16N2O2/c1-21-16(15-5-3-2-4-6-15)17(20)19-12-14-9-7-13(11-18)8-10-14/h2-10,16H,12H2,1H3,(H,19,20)/t16-/m0/s1. The summed E-state index contributed by atoms with van der Waals surface area (Å²) in [6.45, 7) is 0.400. The predicted octanol–water partition coefficient (Wildman–Crippen LogP) is 2.56. The molecule has 1 atom stereocenters. The summed E-state index contributed by atoms with van der Waals surface area (Å²) in [5.74, 6) is -0.187. The first-order chi connectivity index (χ1) is 10.2. The highest BCUT2D eigenvalue weighted by Gasteiger charge is 2.19. The maximum atomic E-state index is 12.2. The zero-order valence-electron chi connectivity index (χ0n) is 11.7. The van der Waals surface area contributed by atoms with E-state index in [2.05, 4.69) is 11.4 Å². The lowest BCUT2D eigenvalue weighted by Crippen LogP contribution is -2.29. The van der Waals surface area contributed by atoms with E-state index in [1.807, 2.05) is 42.5 Å². The minimum atomic E-state index is -0.621. The lowest BCUT2D eigenvalue weighted by Gasteiger charge is -2.15. The monoisotopic (exact) mass is 280 g/mol. The Labute approximate surface area is 124 Å². The van der Waals surface area contributed by atoms with Crippen LogP contribution in [0.3, 0.4) is 0 Å². The van der Waals surface area contributed by atoms with Crippen molar-refractivity contribution >= 4 is 5.91 Å². The van der Waals surface area contributed by atoms with Gasteiger partial charge in [-0.15, -0.1) is 0 Å². The van der Waals surface area contributed by atoms with Crippen molar-refractivity contribution in [1.29, 1.82) is 5.26 Å². The van der Waals surface area contributed by atoms with Gasteiger partial charge >= 0.3 is 0 Å². The van der Waals surface area contributed by atoms with E-state index >= 15 is 0 Å². The quantitative estimate of drug-likeness (QED) is 0.915. The van der Waals surface area contributed by atoms with Crippen LogP contribution in [0.1, 0.15) is 22.8 Å². The van der Waals surface area contributed by atoms with Crippen molar-refractivity contribution in [2.24, 2.45) is 0 Å². The molecule has 0 unspecified atom stereocenters. The van der Waals surface area contributed by atoms with Crippen molar-refractivity contribution in [1.82, 2.24) is 5.32 Å². The van der Waals surface area contributed by atoms with E-state index in [9.17, 15) is 4.79 Å². The molecule has 4 heteroatoms. The van der Waals surface area contributed by atoms with Crippen LogP contribution < -0.4 is 5.32 Å². The molecule has 0 heterocycles. The molecule has 0 aliphatic heterocycles. The summed E-state index contributed by atoms with van der Waals surface area (Å²) in [7, 11) is 1.51. The van der Waals surface area contributed by atoms with Gasteiger partial charge in [0.25, 0.3) is 5.91 Å². The summed E-state index contributed by atoms with van der Waals surface area (Å²) in [5, 5.41) is 11.6. The van der Waals surface area contributed by atoms with Gasteiger partial charge in [0.15, 0.2) is 6.10 Å². The molecule has 1 amide bonds. The molecule has 2 rings (SSSR count). The highest BCUT2D eigenvalue weighted by molar-refractivity contribution is 5.82. The molecule has 2 aromatic carbocycles. The molecule has 0 aromatic heterocycles. The van der Waals surface area contributed by atoms with Crippen LogP contribution in [-0.4, -0.2) is 13.0 Å². The van der Waals surface area contributed by atoms with E-state index < -0.39 is 6.10 Å². The number of carbonyl (C=O) groups is 1. The topological polar surface area (TPSA) is 62.1 Å². The second-order valence-corrected chi connectivity index (χ2v) is 4.55. The fourth-order valence-corrected chi connectivity index (χ4v) is 2.00. The highest BCUT2D eigenvalue weighted by atomic mass is 16.5. The Morgan fingerprint density at radius 3 is 2.43 bits per heavy atom. The number of hydrogen-bond donors (Lipinski definition) is 1. The van der Waals surface area contributed by atoms with Gasteiger partial charge in [-0.1, -0.05) is 42.5 Å². The Bertz CT molecular complexity index is 630. The van der Waals surface area contributed by atoms with E-state index in [-0.39, 0.29) is 5.91 Å². The average molecular weight is 280 g/mol. The molecule has 0 saturated carbocycles. The molecule has 0 radical (unpaired) electrons. The second-order valence-electron chi connectivity index (χ2n) is 4.55. The Kier molecular flexibility index (Phi) is 5.08. The molecular formula is C17H16N2O2. The number of ether oxygens (including phenoxy) is 1. The number of nitrogens with zero attached hydrogens (tertiary/aromatic N) is 1. The number of nitriles is 1. The van der Waals surface area contributed by atoms with Crippen LogP contribution in [0, 0.1) is 11.3 Å². The van der Waals surface area contributed by atoms with Gasteiger partial charge in [0, 0.05) is 13.7 Å². The Morgan fingerprint density at radius 2 is 1.86 bits per heavy atom. The SMILES string of the molecule is CO[C@H](C(=O)NCc1ccc(C#N)cc1)c1ccccc1. The minimum Gasteiger partial charge on any atom is -0.367 e. The summed E-state index contributed by atoms with van der Waals surface area (Å²) in [4.78, 5) is 12.2. The molecule has 0 aliphatic rings. The first kappa shape index (κ1) is 14.8. The number of carbonyl (C=O) groups excluding carboxylic acids is 1. The summed E-state index contributed by atoms with van der Waals surface area (Å²) >= 11 is 0. The number of methoxy groups -OCH3 is 1. The van der Waals surface area contributed by atoms with Gasteiger partial charge in [-0.05, 0) is 23.3 Å². The maximum Gasteiger partial charge on any atom is 0.254 e. The lowest BCUT2D eigenvalue weighted by molar-refractivity contribution is -0.131. The van der Waals surface area contributed by atoms with Crippen LogP contribution in [0.5, 0.6) is 0 Å². The van der Waals surface area contributed by atoms with Gasteiger partial charge < -0.3 is 10.1 Å². The molecular weight excluding hydrogens is 264 g/mol. The van der Waals surface area contributed by atoms with Gasteiger partial charge in [-0.3, -0.25) is 4.79 Å². The Balaban J connectivity index is 1.98. The Hall–Kier alpha value is -2.64. The van der Waals surface area contributed by atoms with E-state index in [0.29, 0.717) is 12.1 Å². The largest absolute Gasteiger partial charge is 0.367 e.